The van der Waals surface area contributed by atoms with Crippen LogP contribution in [0.3, 0.4) is 0 Å². The van der Waals surface area contributed by atoms with Crippen LogP contribution >= 0.6 is 35.0 Å². The molecule has 1 aromatic heterocycles. The van der Waals surface area contributed by atoms with Crippen molar-refractivity contribution in [3.05, 3.63) is 80.7 Å². The van der Waals surface area contributed by atoms with Crippen molar-refractivity contribution in [3.8, 4) is 17.2 Å². The molecule has 22 heteroatoms. The number of aromatic nitrogens is 1. The van der Waals surface area contributed by atoms with E-state index in [-0.39, 0.29) is 76.1 Å². The smallest absolute Gasteiger partial charge is 0.387 e. The molecule has 3 heterocycles. The zero-order valence-electron chi connectivity index (χ0n) is 34.0. The van der Waals surface area contributed by atoms with Crippen LogP contribution in [0.15, 0.2) is 48.8 Å². The average molecular weight is 962 g/mol. The molecule has 2 saturated carbocycles. The van der Waals surface area contributed by atoms with Crippen molar-refractivity contribution in [1.29, 1.82) is 0 Å². The van der Waals surface area contributed by atoms with Gasteiger partial charge >= 0.3 is 12.6 Å². The number of esters is 1. The maximum atomic E-state index is 14.3. The molecule has 16 nitrogen and oxygen atoms in total. The highest BCUT2D eigenvalue weighted by Crippen LogP contribution is 2.39. The van der Waals surface area contributed by atoms with Gasteiger partial charge < -0.3 is 38.9 Å². The van der Waals surface area contributed by atoms with Crippen LogP contribution in [-0.2, 0) is 35.5 Å². The van der Waals surface area contributed by atoms with Crippen molar-refractivity contribution < 1.29 is 65.1 Å². The van der Waals surface area contributed by atoms with E-state index in [2.05, 4.69) is 9.62 Å². The third-order valence-corrected chi connectivity index (χ3v) is 13.6. The van der Waals surface area contributed by atoms with Crippen molar-refractivity contribution in [2.75, 3.05) is 68.8 Å². The fourth-order valence-corrected chi connectivity index (χ4v) is 9.58. The summed E-state index contributed by atoms with van der Waals surface area (Å²) in [4.78, 5) is 40.3. The first-order valence-electron chi connectivity index (χ1n) is 20.3. The van der Waals surface area contributed by atoms with Gasteiger partial charge in [-0.3, -0.25) is 19.2 Å². The number of alkyl halides is 2. The molecule has 344 valence electrons. The second kappa shape index (κ2) is 22.5. The number of nitrogens with one attached hydrogen (secondary N) is 1. The van der Waals surface area contributed by atoms with Gasteiger partial charge in [-0.15, -0.1) is 11.8 Å². The Morgan fingerprint density at radius 1 is 1.00 bits per heavy atom. The van der Waals surface area contributed by atoms with Gasteiger partial charge in [0, 0.05) is 49.0 Å². The van der Waals surface area contributed by atoms with Gasteiger partial charge in [0.05, 0.1) is 37.9 Å². The number of hydrogen-bond donors (Lipinski definition) is 2. The number of carboxylic acid groups (broad SMARTS) is 1. The lowest BCUT2D eigenvalue weighted by atomic mass is 10.0. The predicted molar refractivity (Wildman–Crippen MR) is 229 cm³/mol. The number of rotatable bonds is 20. The van der Waals surface area contributed by atoms with Gasteiger partial charge in [0.2, 0.25) is 10.0 Å². The number of ether oxygens (including phenoxy) is 5. The van der Waals surface area contributed by atoms with E-state index >= 15 is 0 Å². The standard InChI is InChI=1S/C40H46Cl2F2N4O10S2.CH2O2/c41-32-21-47(51)22-33(42)31(32)20-35(27-6-7-34(58-40(43)44)36(18-27)56-24-26-4-5-26)57-39(50)38-48(11-14-59-38)37(49)28-16-29(19-30(17-28)55-23-25-2-3-25)45-60(52,53)15-1-8-46-9-12-54-13-10-46;2-1-3/h6-7,16-19,21-22,25-26,35,38,40,45H,1-5,8-15,20,23-24H2;1H,(H,2,3)/t35-,38?;/m0./s1. The SMILES string of the molecule is O=C(O[C@@H](Cc1c(Cl)c[n+]([O-])cc1Cl)c1ccc(OC(F)F)c(OCC2CC2)c1)C1SCCN1C(=O)c1cc(NS(=O)(=O)CCCN2CCOCC2)cc(OCC2CC2)c1.O=CO. The number of sulfonamides is 1. The molecule has 2 aliphatic heterocycles. The van der Waals surface area contributed by atoms with Crippen LogP contribution in [0.2, 0.25) is 10.0 Å². The molecular weight excluding hydrogens is 914 g/mol. The molecule has 0 spiro atoms. The highest BCUT2D eigenvalue weighted by molar-refractivity contribution is 8.00. The minimum Gasteiger partial charge on any atom is -0.619 e. The number of thioether (sulfide) groups is 1. The van der Waals surface area contributed by atoms with Gasteiger partial charge in [0.25, 0.3) is 12.4 Å². The quantitative estimate of drug-likeness (QED) is 0.0578. The lowest BCUT2D eigenvalue weighted by Gasteiger charge is -2.26. The van der Waals surface area contributed by atoms with Crippen molar-refractivity contribution in [3.63, 3.8) is 0 Å². The van der Waals surface area contributed by atoms with Gasteiger partial charge in [-0.05, 0) is 80.3 Å². The summed E-state index contributed by atoms with van der Waals surface area (Å²) < 4.78 is 84.4. The molecule has 2 N–H and O–H groups in total. The lowest BCUT2D eigenvalue weighted by Crippen LogP contribution is -2.41. The Labute approximate surface area is 377 Å². The van der Waals surface area contributed by atoms with E-state index in [1.54, 1.807) is 6.07 Å². The summed E-state index contributed by atoms with van der Waals surface area (Å²) in [5, 5.41) is 17.8. The maximum absolute atomic E-state index is 14.3. The first kappa shape index (κ1) is 48.1. The molecule has 3 aromatic rings. The molecule has 0 radical (unpaired) electrons. The zero-order chi connectivity index (χ0) is 45.1. The monoisotopic (exact) mass is 960 g/mol. The number of pyridine rings is 1. The van der Waals surface area contributed by atoms with Crippen molar-refractivity contribution >= 4 is 69.0 Å². The number of carbonyl (C=O) groups excluding carboxylic acids is 2. The van der Waals surface area contributed by atoms with Crippen LogP contribution in [0, 0.1) is 17.0 Å². The van der Waals surface area contributed by atoms with E-state index in [4.69, 9.17) is 56.8 Å². The highest BCUT2D eigenvalue weighted by atomic mass is 35.5. The van der Waals surface area contributed by atoms with Crippen molar-refractivity contribution in [2.45, 2.75) is 56.6 Å². The van der Waals surface area contributed by atoms with E-state index in [0.717, 1.165) is 51.2 Å². The zero-order valence-corrected chi connectivity index (χ0v) is 37.1. The molecule has 0 bridgehead atoms. The van der Waals surface area contributed by atoms with Crippen LogP contribution in [0.1, 0.15) is 59.7 Å². The Morgan fingerprint density at radius 3 is 2.32 bits per heavy atom. The van der Waals surface area contributed by atoms with Crippen LogP contribution in [0.5, 0.6) is 17.2 Å². The van der Waals surface area contributed by atoms with Crippen LogP contribution in [0.25, 0.3) is 0 Å². The first-order valence-corrected chi connectivity index (χ1v) is 23.7. The van der Waals surface area contributed by atoms with E-state index in [1.165, 1.54) is 47.0 Å². The molecule has 4 aliphatic rings. The van der Waals surface area contributed by atoms with Crippen LogP contribution < -0.4 is 23.7 Å². The number of hydrogen-bond acceptors (Lipinski definition) is 13. The van der Waals surface area contributed by atoms with E-state index in [1.807, 2.05) is 0 Å². The second-order valence-corrected chi connectivity index (χ2v) is 19.2. The molecule has 1 amide bonds. The molecular formula is C41H48Cl2F2N4O12S2. The normalized spacial score (nSPS) is 18.2. The van der Waals surface area contributed by atoms with E-state index < -0.39 is 40.0 Å². The third-order valence-electron chi connectivity index (χ3n) is 10.4. The Hall–Kier alpha value is -4.34. The molecule has 1 unspecified atom stereocenters. The third kappa shape index (κ3) is 14.6. The summed E-state index contributed by atoms with van der Waals surface area (Å²) in [5.41, 5.74) is 0.860. The summed E-state index contributed by atoms with van der Waals surface area (Å²) in [7, 11) is -3.81. The molecule has 2 aromatic carbocycles. The number of carbonyl (C=O) groups is 3. The summed E-state index contributed by atoms with van der Waals surface area (Å²) in [6.07, 6.45) is 5.22. The molecule has 63 heavy (non-hydrogen) atoms. The molecule has 4 fully saturated rings. The topological polar surface area (TPSA) is 197 Å². The van der Waals surface area contributed by atoms with Crippen molar-refractivity contribution in [2.24, 2.45) is 11.8 Å². The number of benzene rings is 2. The summed E-state index contributed by atoms with van der Waals surface area (Å²) in [6.45, 7) is 0.774. The lowest BCUT2D eigenvalue weighted by molar-refractivity contribution is -0.605. The molecule has 2 aliphatic carbocycles. The maximum Gasteiger partial charge on any atom is 0.387 e. The number of halogens is 4. The fourth-order valence-electron chi connectivity index (χ4n) is 6.80. The second-order valence-electron chi connectivity index (χ2n) is 15.3. The Kier molecular flexibility index (Phi) is 17.2. The van der Waals surface area contributed by atoms with Crippen molar-refractivity contribution in [1.82, 2.24) is 9.80 Å². The first-order chi connectivity index (χ1) is 30.2. The fraction of sp³-hybridized carbons (Fsp3) is 0.512. The number of amides is 1. The van der Waals surface area contributed by atoms with Gasteiger partial charge in [0.1, 0.15) is 21.9 Å². The Bertz CT molecular complexity index is 2160. The number of anilines is 1. The van der Waals surface area contributed by atoms with Gasteiger partial charge in [-0.2, -0.15) is 13.5 Å². The van der Waals surface area contributed by atoms with E-state index in [0.29, 0.717) is 60.5 Å². The summed E-state index contributed by atoms with van der Waals surface area (Å²) in [6, 6.07) is 8.68. The number of morpholine rings is 1. The minimum atomic E-state index is -3.81. The van der Waals surface area contributed by atoms with Crippen LogP contribution in [0.4, 0.5) is 14.5 Å². The largest absolute Gasteiger partial charge is 0.619 e. The minimum absolute atomic E-state index is 0.000714. The van der Waals surface area contributed by atoms with Gasteiger partial charge in [-0.25, -0.2) is 13.2 Å². The van der Waals surface area contributed by atoms with Crippen LogP contribution in [-0.4, -0.2) is 118 Å². The summed E-state index contributed by atoms with van der Waals surface area (Å²) >= 11 is 14.1. The summed E-state index contributed by atoms with van der Waals surface area (Å²) in [5.74, 6) is -0.332. The number of nitrogens with zero attached hydrogens (tertiary/aromatic N) is 3. The molecule has 2 saturated heterocycles. The Morgan fingerprint density at radius 2 is 1.67 bits per heavy atom. The predicted octanol–water partition coefficient (Wildman–Crippen LogP) is 6.01. The average Bonchev–Trinajstić information content (AvgIpc) is 4.18. The van der Waals surface area contributed by atoms with E-state index in [9.17, 15) is 32.0 Å². The molecule has 2 atom stereocenters. The highest BCUT2D eigenvalue weighted by Gasteiger charge is 2.39. The molecule has 7 rings (SSSR count). The van der Waals surface area contributed by atoms with Gasteiger partial charge in [-0.1, -0.05) is 29.3 Å². The Balaban J connectivity index is 0.00000214. The van der Waals surface area contributed by atoms with Gasteiger partial charge in [0.15, 0.2) is 29.3 Å².